The van der Waals surface area contributed by atoms with Gasteiger partial charge in [-0.15, -0.1) is 0 Å². The van der Waals surface area contributed by atoms with Crippen molar-refractivity contribution in [1.82, 2.24) is 4.72 Å². The maximum absolute atomic E-state index is 12.0. The fourth-order valence-corrected chi connectivity index (χ4v) is 2.93. The number of hydrogen-bond donors (Lipinski definition) is 1. The number of methoxy groups -OCH3 is 1. The normalized spacial score (nSPS) is 17.8. The minimum atomic E-state index is -3.66. The predicted molar refractivity (Wildman–Crippen MR) is 78.3 cm³/mol. The molecular weight excluding hydrogens is 326 g/mol. The number of carbonyl (C=O) groups excluding carboxylic acids is 2. The van der Waals surface area contributed by atoms with E-state index < -0.39 is 28.1 Å². The molecule has 23 heavy (non-hydrogen) atoms. The van der Waals surface area contributed by atoms with Crippen LogP contribution in [0.25, 0.3) is 0 Å². The first-order valence-corrected chi connectivity index (χ1v) is 8.38. The van der Waals surface area contributed by atoms with Crippen molar-refractivity contribution in [2.75, 3.05) is 26.9 Å². The lowest BCUT2D eigenvalue weighted by atomic mass is 10.2. The Labute approximate surface area is 133 Å². The van der Waals surface area contributed by atoms with Gasteiger partial charge < -0.3 is 14.2 Å². The van der Waals surface area contributed by atoms with Gasteiger partial charge in [-0.1, -0.05) is 0 Å². The molecule has 0 amide bonds. The van der Waals surface area contributed by atoms with Gasteiger partial charge >= 0.3 is 11.9 Å². The second kappa shape index (κ2) is 7.53. The Kier molecular flexibility index (Phi) is 5.69. The molecule has 9 heteroatoms. The first-order valence-electron chi connectivity index (χ1n) is 6.90. The summed E-state index contributed by atoms with van der Waals surface area (Å²) in [6, 6.07) is 5.23. The van der Waals surface area contributed by atoms with Crippen LogP contribution in [-0.2, 0) is 29.0 Å². The second-order valence-electron chi connectivity index (χ2n) is 4.77. The van der Waals surface area contributed by atoms with Crippen LogP contribution in [0.1, 0.15) is 16.8 Å². The lowest BCUT2D eigenvalue weighted by Gasteiger charge is -2.09. The van der Waals surface area contributed by atoms with Gasteiger partial charge in [0, 0.05) is 20.1 Å². The Morgan fingerprint density at radius 2 is 2.04 bits per heavy atom. The highest BCUT2D eigenvalue weighted by Crippen LogP contribution is 2.15. The highest BCUT2D eigenvalue weighted by atomic mass is 32.2. The molecule has 8 nitrogen and oxygen atoms in total. The van der Waals surface area contributed by atoms with Crippen LogP contribution in [0.2, 0.25) is 0 Å². The zero-order chi connectivity index (χ0) is 16.9. The molecule has 1 saturated heterocycles. The summed E-state index contributed by atoms with van der Waals surface area (Å²) in [6.07, 6.45) is -0.581. The molecule has 0 aromatic heterocycles. The summed E-state index contributed by atoms with van der Waals surface area (Å²) < 4.78 is 40.8. The molecule has 1 heterocycles. The van der Waals surface area contributed by atoms with Crippen LogP contribution < -0.4 is 4.72 Å². The van der Waals surface area contributed by atoms with Gasteiger partial charge in [-0.3, -0.25) is 0 Å². The standard InChI is InChI=1S/C14H17NO7S/c1-20-9-7-15-23(18,19)11-4-2-10(3-5-11)13(16)22-12-6-8-21-14(12)17/h2-5,12,15H,6-9H2,1H3. The summed E-state index contributed by atoms with van der Waals surface area (Å²) in [5, 5.41) is 0. The Bertz CT molecular complexity index is 669. The van der Waals surface area contributed by atoms with Gasteiger partial charge in [-0.2, -0.15) is 0 Å². The Morgan fingerprint density at radius 3 is 2.61 bits per heavy atom. The molecule has 1 aromatic carbocycles. The third-order valence-corrected chi connectivity index (χ3v) is 4.61. The number of nitrogens with one attached hydrogen (secondary N) is 1. The lowest BCUT2D eigenvalue weighted by Crippen LogP contribution is -2.27. The first-order chi connectivity index (χ1) is 10.9. The van der Waals surface area contributed by atoms with Crippen molar-refractivity contribution in [2.24, 2.45) is 0 Å². The van der Waals surface area contributed by atoms with E-state index in [2.05, 4.69) is 4.72 Å². The van der Waals surface area contributed by atoms with Crippen molar-refractivity contribution >= 4 is 22.0 Å². The van der Waals surface area contributed by atoms with E-state index in [-0.39, 0.29) is 30.2 Å². The maximum atomic E-state index is 12.0. The Balaban J connectivity index is 2.01. The summed E-state index contributed by atoms with van der Waals surface area (Å²) >= 11 is 0. The smallest absolute Gasteiger partial charge is 0.347 e. The van der Waals surface area contributed by atoms with Crippen LogP contribution in [0.15, 0.2) is 29.2 Å². The number of ether oxygens (including phenoxy) is 3. The number of cyclic esters (lactones) is 1. The molecule has 2 rings (SSSR count). The quantitative estimate of drug-likeness (QED) is 0.552. The van der Waals surface area contributed by atoms with Gasteiger partial charge in [0.2, 0.25) is 16.1 Å². The molecule has 1 aliphatic heterocycles. The molecular formula is C14H17NO7S. The fourth-order valence-electron chi connectivity index (χ4n) is 1.91. The number of rotatable bonds is 7. The maximum Gasteiger partial charge on any atom is 0.347 e. The van der Waals surface area contributed by atoms with Crippen molar-refractivity contribution in [1.29, 1.82) is 0 Å². The lowest BCUT2D eigenvalue weighted by molar-refractivity contribution is -0.145. The average molecular weight is 343 g/mol. The van der Waals surface area contributed by atoms with E-state index in [9.17, 15) is 18.0 Å². The van der Waals surface area contributed by atoms with Crippen molar-refractivity contribution in [2.45, 2.75) is 17.4 Å². The number of hydrogen-bond acceptors (Lipinski definition) is 7. The Morgan fingerprint density at radius 1 is 1.35 bits per heavy atom. The zero-order valence-corrected chi connectivity index (χ0v) is 13.3. The fraction of sp³-hybridized carbons (Fsp3) is 0.429. The molecule has 0 aliphatic carbocycles. The summed E-state index contributed by atoms with van der Waals surface area (Å²) in [7, 11) is -2.20. The van der Waals surface area contributed by atoms with E-state index in [1.54, 1.807) is 0 Å². The molecule has 0 spiro atoms. The van der Waals surface area contributed by atoms with E-state index in [4.69, 9.17) is 14.2 Å². The van der Waals surface area contributed by atoms with Gasteiger partial charge in [0.15, 0.2) is 0 Å². The molecule has 1 fully saturated rings. The minimum Gasteiger partial charge on any atom is -0.463 e. The third kappa shape index (κ3) is 4.50. The van der Waals surface area contributed by atoms with Crippen LogP contribution in [0.5, 0.6) is 0 Å². The predicted octanol–water partition coefficient (Wildman–Crippen LogP) is 0.0836. The highest BCUT2D eigenvalue weighted by Gasteiger charge is 2.30. The molecule has 0 radical (unpaired) electrons. The van der Waals surface area contributed by atoms with E-state index in [0.717, 1.165) is 0 Å². The SMILES string of the molecule is COCCNS(=O)(=O)c1ccc(C(=O)OC2CCOC2=O)cc1. The van der Waals surface area contributed by atoms with E-state index in [0.29, 0.717) is 6.42 Å². The van der Waals surface area contributed by atoms with Crippen LogP contribution in [0.3, 0.4) is 0 Å². The second-order valence-corrected chi connectivity index (χ2v) is 6.53. The van der Waals surface area contributed by atoms with E-state index >= 15 is 0 Å². The van der Waals surface area contributed by atoms with E-state index in [1.165, 1.54) is 31.4 Å². The van der Waals surface area contributed by atoms with Crippen LogP contribution >= 0.6 is 0 Å². The average Bonchev–Trinajstić information content (AvgIpc) is 2.93. The number of benzene rings is 1. The Hall–Kier alpha value is -1.97. The molecule has 1 N–H and O–H groups in total. The van der Waals surface area contributed by atoms with Crippen molar-refractivity contribution in [3.8, 4) is 0 Å². The summed E-state index contributed by atoms with van der Waals surface area (Å²) in [5.74, 6) is -1.27. The van der Waals surface area contributed by atoms with Crippen LogP contribution in [0.4, 0.5) is 0 Å². The third-order valence-electron chi connectivity index (χ3n) is 3.14. The van der Waals surface area contributed by atoms with Crippen molar-refractivity contribution in [3.05, 3.63) is 29.8 Å². The summed E-state index contributed by atoms with van der Waals surface area (Å²) in [4.78, 5) is 23.2. The van der Waals surface area contributed by atoms with Gasteiger partial charge in [0.1, 0.15) is 0 Å². The number of sulfonamides is 1. The largest absolute Gasteiger partial charge is 0.463 e. The minimum absolute atomic E-state index is 0.0189. The molecule has 1 aromatic rings. The zero-order valence-electron chi connectivity index (χ0n) is 12.5. The first kappa shape index (κ1) is 17.4. The van der Waals surface area contributed by atoms with Crippen LogP contribution in [0, 0.1) is 0 Å². The van der Waals surface area contributed by atoms with Crippen LogP contribution in [-0.4, -0.2) is 53.3 Å². The molecule has 1 unspecified atom stereocenters. The summed E-state index contributed by atoms with van der Waals surface area (Å²) in [5.41, 5.74) is 0.153. The van der Waals surface area contributed by atoms with Crippen molar-refractivity contribution in [3.63, 3.8) is 0 Å². The number of carbonyl (C=O) groups is 2. The molecule has 0 saturated carbocycles. The van der Waals surface area contributed by atoms with Gasteiger partial charge in [0.05, 0.1) is 23.7 Å². The van der Waals surface area contributed by atoms with Gasteiger partial charge in [-0.05, 0) is 24.3 Å². The van der Waals surface area contributed by atoms with Gasteiger partial charge in [-0.25, -0.2) is 22.7 Å². The van der Waals surface area contributed by atoms with Gasteiger partial charge in [0.25, 0.3) is 0 Å². The molecule has 1 atom stereocenters. The summed E-state index contributed by atoms with van der Waals surface area (Å²) in [6.45, 7) is 0.620. The number of esters is 2. The topological polar surface area (TPSA) is 108 Å². The molecule has 1 aliphatic rings. The molecule has 0 bridgehead atoms. The van der Waals surface area contributed by atoms with Crippen molar-refractivity contribution < 1.29 is 32.2 Å². The molecule has 126 valence electrons. The highest BCUT2D eigenvalue weighted by molar-refractivity contribution is 7.89. The van der Waals surface area contributed by atoms with E-state index in [1.807, 2.05) is 0 Å². The monoisotopic (exact) mass is 343 g/mol.